The third-order valence-corrected chi connectivity index (χ3v) is 2.64. The second kappa shape index (κ2) is 10.3. The Kier molecular flexibility index (Phi) is 8.33. The van der Waals surface area contributed by atoms with Crippen molar-refractivity contribution in [3.63, 3.8) is 0 Å². The molecule has 0 heterocycles. The van der Waals surface area contributed by atoms with E-state index in [0.717, 1.165) is 0 Å². The molecule has 0 unspecified atom stereocenters. The lowest BCUT2D eigenvalue weighted by Gasteiger charge is -2.07. The highest BCUT2D eigenvalue weighted by Crippen LogP contribution is 2.09. The maximum Gasteiger partial charge on any atom is 0.322 e. The average molecular weight is 324 g/mol. The summed E-state index contributed by atoms with van der Waals surface area (Å²) in [6.45, 7) is 2.71. The molecular formula is C15H20N2O6. The van der Waals surface area contributed by atoms with Crippen LogP contribution in [0.25, 0.3) is 0 Å². The highest BCUT2D eigenvalue weighted by molar-refractivity contribution is 5.97. The van der Waals surface area contributed by atoms with Crippen molar-refractivity contribution < 1.29 is 29.0 Å². The Balaban J connectivity index is 2.37. The maximum absolute atomic E-state index is 11.6. The molecule has 0 saturated carbocycles. The van der Waals surface area contributed by atoms with E-state index in [9.17, 15) is 14.4 Å². The van der Waals surface area contributed by atoms with E-state index in [1.54, 1.807) is 12.1 Å². The fourth-order valence-corrected chi connectivity index (χ4v) is 1.59. The molecule has 0 radical (unpaired) electrons. The number of nitrogens with one attached hydrogen (secondary N) is 2. The van der Waals surface area contributed by atoms with Gasteiger partial charge < -0.3 is 25.2 Å². The van der Waals surface area contributed by atoms with E-state index in [1.165, 1.54) is 12.1 Å². The van der Waals surface area contributed by atoms with Crippen molar-refractivity contribution in [3.05, 3.63) is 29.8 Å². The van der Waals surface area contributed by atoms with Crippen LogP contribution < -0.4 is 10.6 Å². The molecule has 0 aliphatic rings. The summed E-state index contributed by atoms with van der Waals surface area (Å²) in [5.41, 5.74) is 0.815. The molecule has 23 heavy (non-hydrogen) atoms. The van der Waals surface area contributed by atoms with Crippen LogP contribution in [0.2, 0.25) is 0 Å². The highest BCUT2D eigenvalue weighted by Gasteiger charge is 2.08. The van der Waals surface area contributed by atoms with Gasteiger partial charge in [0.25, 0.3) is 5.91 Å². The van der Waals surface area contributed by atoms with E-state index in [4.69, 9.17) is 14.6 Å². The van der Waals surface area contributed by atoms with Crippen molar-refractivity contribution in [2.45, 2.75) is 6.92 Å². The van der Waals surface area contributed by atoms with Gasteiger partial charge in [-0.05, 0) is 31.2 Å². The zero-order chi connectivity index (χ0) is 17.1. The van der Waals surface area contributed by atoms with Crippen LogP contribution in [0.5, 0.6) is 0 Å². The number of carbonyl (C=O) groups excluding carboxylic acids is 2. The molecular weight excluding hydrogens is 304 g/mol. The summed E-state index contributed by atoms with van der Waals surface area (Å²) in [7, 11) is 0. The highest BCUT2D eigenvalue weighted by atomic mass is 16.5. The van der Waals surface area contributed by atoms with Crippen molar-refractivity contribution in [2.75, 3.05) is 38.3 Å². The van der Waals surface area contributed by atoms with Crippen LogP contribution in [-0.4, -0.2) is 55.9 Å². The van der Waals surface area contributed by atoms with Gasteiger partial charge in [-0.2, -0.15) is 0 Å². The minimum absolute atomic E-state index is 0.0894. The van der Waals surface area contributed by atoms with Crippen LogP contribution in [-0.2, 0) is 19.1 Å². The molecule has 1 rings (SSSR count). The first-order chi connectivity index (χ1) is 11.0. The number of anilines is 1. The van der Waals surface area contributed by atoms with E-state index in [2.05, 4.69) is 10.6 Å². The summed E-state index contributed by atoms with van der Waals surface area (Å²) >= 11 is 0. The summed E-state index contributed by atoms with van der Waals surface area (Å²) in [4.78, 5) is 33.6. The Morgan fingerprint density at radius 2 is 1.74 bits per heavy atom. The summed E-state index contributed by atoms with van der Waals surface area (Å²) < 4.78 is 10.2. The first-order valence-electron chi connectivity index (χ1n) is 7.08. The van der Waals surface area contributed by atoms with Crippen LogP contribution in [0, 0.1) is 0 Å². The number of carboxylic acid groups (broad SMARTS) is 1. The van der Waals surface area contributed by atoms with E-state index >= 15 is 0 Å². The topological polar surface area (TPSA) is 114 Å². The SMILES string of the molecule is CCOCCOCC(=O)Nc1ccc(C(=O)NCC(=O)O)cc1. The van der Waals surface area contributed by atoms with Crippen molar-refractivity contribution >= 4 is 23.5 Å². The number of ether oxygens (including phenoxy) is 2. The van der Waals surface area contributed by atoms with Gasteiger partial charge in [0.2, 0.25) is 5.91 Å². The molecule has 0 atom stereocenters. The Morgan fingerprint density at radius 3 is 2.35 bits per heavy atom. The third kappa shape index (κ3) is 7.93. The average Bonchev–Trinajstić information content (AvgIpc) is 2.53. The number of amides is 2. The Labute approximate surface area is 133 Å². The molecule has 1 aromatic rings. The molecule has 1 aromatic carbocycles. The lowest BCUT2D eigenvalue weighted by atomic mass is 10.2. The summed E-state index contributed by atoms with van der Waals surface area (Å²) in [6.07, 6.45) is 0. The number of aliphatic carboxylic acids is 1. The predicted octanol–water partition coefficient (Wildman–Crippen LogP) is 0.493. The molecule has 0 aliphatic carbocycles. The smallest absolute Gasteiger partial charge is 0.322 e. The standard InChI is InChI=1S/C15H20N2O6/c1-2-22-7-8-23-10-13(18)17-12-5-3-11(4-6-12)15(21)16-9-14(19)20/h3-6H,2,7-10H2,1H3,(H,16,21)(H,17,18)(H,19,20). The zero-order valence-electron chi connectivity index (χ0n) is 12.8. The molecule has 0 spiro atoms. The van der Waals surface area contributed by atoms with Gasteiger partial charge in [0.15, 0.2) is 0 Å². The third-order valence-electron chi connectivity index (χ3n) is 2.64. The van der Waals surface area contributed by atoms with Gasteiger partial charge in [-0.3, -0.25) is 14.4 Å². The second-order valence-corrected chi connectivity index (χ2v) is 4.45. The van der Waals surface area contributed by atoms with Crippen LogP contribution >= 0.6 is 0 Å². The summed E-state index contributed by atoms with van der Waals surface area (Å²) in [6, 6.07) is 6.08. The molecule has 0 aliphatic heterocycles. The van der Waals surface area contributed by atoms with Gasteiger partial charge in [0.1, 0.15) is 13.2 Å². The minimum atomic E-state index is -1.12. The number of hydrogen-bond donors (Lipinski definition) is 3. The Morgan fingerprint density at radius 1 is 1.09 bits per heavy atom. The fourth-order valence-electron chi connectivity index (χ4n) is 1.59. The summed E-state index contributed by atoms with van der Waals surface area (Å²) in [5, 5.41) is 13.4. The maximum atomic E-state index is 11.6. The number of carbonyl (C=O) groups is 3. The van der Waals surface area contributed by atoms with E-state index < -0.39 is 18.4 Å². The number of rotatable bonds is 10. The van der Waals surface area contributed by atoms with E-state index in [-0.39, 0.29) is 12.5 Å². The normalized spacial score (nSPS) is 10.1. The lowest BCUT2D eigenvalue weighted by molar-refractivity contribution is -0.135. The molecule has 2 amide bonds. The molecule has 3 N–H and O–H groups in total. The quantitative estimate of drug-likeness (QED) is 0.540. The molecule has 126 valence electrons. The van der Waals surface area contributed by atoms with Crippen LogP contribution in [0.3, 0.4) is 0 Å². The number of hydrogen-bond acceptors (Lipinski definition) is 5. The number of benzene rings is 1. The van der Waals surface area contributed by atoms with Crippen molar-refractivity contribution in [2.24, 2.45) is 0 Å². The minimum Gasteiger partial charge on any atom is -0.480 e. The molecule has 0 fully saturated rings. The van der Waals surface area contributed by atoms with Gasteiger partial charge in [-0.25, -0.2) is 0 Å². The predicted molar refractivity (Wildman–Crippen MR) is 82.4 cm³/mol. The van der Waals surface area contributed by atoms with E-state index in [0.29, 0.717) is 31.1 Å². The Hall–Kier alpha value is -2.45. The molecule has 0 saturated heterocycles. The van der Waals surface area contributed by atoms with Gasteiger partial charge >= 0.3 is 5.97 Å². The van der Waals surface area contributed by atoms with E-state index in [1.807, 2.05) is 6.92 Å². The van der Waals surface area contributed by atoms with Gasteiger partial charge in [0.05, 0.1) is 13.2 Å². The van der Waals surface area contributed by atoms with Crippen LogP contribution in [0.15, 0.2) is 24.3 Å². The van der Waals surface area contributed by atoms with Crippen LogP contribution in [0.1, 0.15) is 17.3 Å². The molecule has 8 heteroatoms. The fraction of sp³-hybridized carbons (Fsp3) is 0.400. The van der Waals surface area contributed by atoms with Crippen molar-refractivity contribution in [1.29, 1.82) is 0 Å². The van der Waals surface area contributed by atoms with Gasteiger partial charge in [0, 0.05) is 17.9 Å². The lowest BCUT2D eigenvalue weighted by Crippen LogP contribution is -2.29. The largest absolute Gasteiger partial charge is 0.480 e. The molecule has 0 bridgehead atoms. The first kappa shape index (κ1) is 18.6. The van der Waals surface area contributed by atoms with Gasteiger partial charge in [-0.1, -0.05) is 0 Å². The molecule has 8 nitrogen and oxygen atoms in total. The second-order valence-electron chi connectivity index (χ2n) is 4.45. The first-order valence-corrected chi connectivity index (χ1v) is 7.08. The van der Waals surface area contributed by atoms with Crippen molar-refractivity contribution in [3.8, 4) is 0 Å². The van der Waals surface area contributed by atoms with Crippen LogP contribution in [0.4, 0.5) is 5.69 Å². The summed E-state index contributed by atoms with van der Waals surface area (Å²) in [5.74, 6) is -1.93. The van der Waals surface area contributed by atoms with Gasteiger partial charge in [-0.15, -0.1) is 0 Å². The number of carboxylic acids is 1. The molecule has 0 aromatic heterocycles. The zero-order valence-corrected chi connectivity index (χ0v) is 12.8. The monoisotopic (exact) mass is 324 g/mol. The van der Waals surface area contributed by atoms with Crippen molar-refractivity contribution in [1.82, 2.24) is 5.32 Å². The Bertz CT molecular complexity index is 529.